The van der Waals surface area contributed by atoms with Gasteiger partial charge in [0.1, 0.15) is 12.1 Å². The van der Waals surface area contributed by atoms with Gasteiger partial charge in [-0.3, -0.25) is 0 Å². The number of hydrogen-bond donors (Lipinski definition) is 1. The summed E-state index contributed by atoms with van der Waals surface area (Å²) in [5.41, 5.74) is 6.59. The van der Waals surface area contributed by atoms with Crippen LogP contribution in [0.5, 0.6) is 5.75 Å². The van der Waals surface area contributed by atoms with Gasteiger partial charge >= 0.3 is 0 Å². The van der Waals surface area contributed by atoms with Crippen LogP contribution in [0.3, 0.4) is 0 Å². The van der Waals surface area contributed by atoms with Crippen LogP contribution in [-0.4, -0.2) is 21.9 Å². The molecule has 0 bridgehead atoms. The number of ether oxygens (including phenoxy) is 1. The minimum Gasteiger partial charge on any atom is -0.497 e. The third-order valence-electron chi connectivity index (χ3n) is 2.27. The van der Waals surface area contributed by atoms with E-state index in [1.165, 1.54) is 0 Å². The average molecular weight is 218 g/mol. The summed E-state index contributed by atoms with van der Waals surface area (Å²) >= 11 is 0. The van der Waals surface area contributed by atoms with Gasteiger partial charge in [0.2, 0.25) is 0 Å². The first-order valence-corrected chi connectivity index (χ1v) is 5.03. The molecule has 0 saturated heterocycles. The van der Waals surface area contributed by atoms with Gasteiger partial charge in [0, 0.05) is 0 Å². The summed E-state index contributed by atoms with van der Waals surface area (Å²) in [5, 5.41) is 4.22. The van der Waals surface area contributed by atoms with E-state index >= 15 is 0 Å². The third kappa shape index (κ3) is 2.38. The standard InChI is InChI=1S/C11H14N4O/c1-16-10-4-2-9(3-5-10)7-15-8-13-11(6-12)14-15/h2-5,8H,6-7,12H2,1H3. The van der Waals surface area contributed by atoms with Crippen molar-refractivity contribution in [2.75, 3.05) is 7.11 Å². The van der Waals surface area contributed by atoms with Crippen LogP contribution >= 0.6 is 0 Å². The topological polar surface area (TPSA) is 66.0 Å². The van der Waals surface area contributed by atoms with Crippen molar-refractivity contribution < 1.29 is 4.74 Å². The van der Waals surface area contributed by atoms with Crippen molar-refractivity contribution in [1.82, 2.24) is 14.8 Å². The lowest BCUT2D eigenvalue weighted by atomic mass is 10.2. The minimum absolute atomic E-state index is 0.371. The van der Waals surface area contributed by atoms with Crippen molar-refractivity contribution in [3.05, 3.63) is 42.0 Å². The summed E-state index contributed by atoms with van der Waals surface area (Å²) in [6.45, 7) is 1.06. The fourth-order valence-corrected chi connectivity index (χ4v) is 1.42. The monoisotopic (exact) mass is 218 g/mol. The quantitative estimate of drug-likeness (QED) is 0.824. The Kier molecular flexibility index (Phi) is 3.16. The molecule has 1 heterocycles. The molecule has 2 rings (SSSR count). The summed E-state index contributed by atoms with van der Waals surface area (Å²) < 4.78 is 6.86. The van der Waals surface area contributed by atoms with Crippen LogP contribution < -0.4 is 10.5 Å². The zero-order chi connectivity index (χ0) is 11.4. The maximum Gasteiger partial charge on any atom is 0.164 e. The molecule has 0 aliphatic heterocycles. The van der Waals surface area contributed by atoms with Crippen molar-refractivity contribution in [3.63, 3.8) is 0 Å². The Labute approximate surface area is 93.9 Å². The molecule has 0 saturated carbocycles. The molecule has 0 radical (unpaired) electrons. The van der Waals surface area contributed by atoms with Gasteiger partial charge in [0.05, 0.1) is 20.2 Å². The molecule has 0 fully saturated rings. The summed E-state index contributed by atoms with van der Waals surface area (Å²) in [6, 6.07) is 7.86. The summed E-state index contributed by atoms with van der Waals surface area (Å²) in [5.74, 6) is 1.51. The van der Waals surface area contributed by atoms with E-state index in [2.05, 4.69) is 10.1 Å². The number of aromatic nitrogens is 3. The summed E-state index contributed by atoms with van der Waals surface area (Å²) in [6.07, 6.45) is 1.69. The molecule has 84 valence electrons. The molecule has 2 N–H and O–H groups in total. The lowest BCUT2D eigenvalue weighted by molar-refractivity contribution is 0.414. The van der Waals surface area contributed by atoms with Crippen LogP contribution in [-0.2, 0) is 13.1 Å². The van der Waals surface area contributed by atoms with E-state index in [1.807, 2.05) is 24.3 Å². The van der Waals surface area contributed by atoms with Gasteiger partial charge in [-0.15, -0.1) is 0 Å². The molecule has 5 nitrogen and oxygen atoms in total. The Balaban J connectivity index is 2.08. The fraction of sp³-hybridized carbons (Fsp3) is 0.273. The molecule has 16 heavy (non-hydrogen) atoms. The Bertz CT molecular complexity index is 449. The fourth-order valence-electron chi connectivity index (χ4n) is 1.42. The van der Waals surface area contributed by atoms with E-state index in [4.69, 9.17) is 10.5 Å². The highest BCUT2D eigenvalue weighted by Gasteiger charge is 2.00. The molecule has 0 unspecified atom stereocenters. The first-order valence-electron chi connectivity index (χ1n) is 5.03. The first-order chi connectivity index (χ1) is 7.81. The average Bonchev–Trinajstić information content (AvgIpc) is 2.78. The molecule has 0 spiro atoms. The third-order valence-corrected chi connectivity index (χ3v) is 2.27. The Morgan fingerprint density at radius 3 is 2.62 bits per heavy atom. The highest BCUT2D eigenvalue weighted by molar-refractivity contribution is 5.27. The van der Waals surface area contributed by atoms with Gasteiger partial charge in [-0.2, -0.15) is 5.10 Å². The lowest BCUT2D eigenvalue weighted by Crippen LogP contribution is -2.03. The zero-order valence-electron chi connectivity index (χ0n) is 9.13. The van der Waals surface area contributed by atoms with E-state index in [-0.39, 0.29) is 0 Å². The Morgan fingerprint density at radius 2 is 2.06 bits per heavy atom. The molecule has 0 atom stereocenters. The number of nitrogens with two attached hydrogens (primary N) is 1. The van der Waals surface area contributed by atoms with Gasteiger partial charge in [-0.1, -0.05) is 12.1 Å². The largest absolute Gasteiger partial charge is 0.497 e. The highest BCUT2D eigenvalue weighted by Crippen LogP contribution is 2.11. The number of hydrogen-bond acceptors (Lipinski definition) is 4. The van der Waals surface area contributed by atoms with E-state index in [0.717, 1.165) is 11.3 Å². The van der Waals surface area contributed by atoms with E-state index < -0.39 is 0 Å². The predicted octanol–water partition coefficient (Wildman–Crippen LogP) is 0.794. The number of nitrogens with zero attached hydrogens (tertiary/aromatic N) is 3. The Morgan fingerprint density at radius 1 is 1.31 bits per heavy atom. The molecule has 0 amide bonds. The van der Waals surface area contributed by atoms with Gasteiger partial charge in [0.15, 0.2) is 5.82 Å². The van der Waals surface area contributed by atoms with E-state index in [9.17, 15) is 0 Å². The predicted molar refractivity (Wildman–Crippen MR) is 60.0 cm³/mol. The highest BCUT2D eigenvalue weighted by atomic mass is 16.5. The van der Waals surface area contributed by atoms with Crippen LogP contribution in [0, 0.1) is 0 Å². The smallest absolute Gasteiger partial charge is 0.164 e. The summed E-state index contributed by atoms with van der Waals surface area (Å²) in [7, 11) is 1.65. The second-order valence-electron chi connectivity index (χ2n) is 3.41. The molecule has 0 aliphatic carbocycles. The van der Waals surface area contributed by atoms with Gasteiger partial charge in [0.25, 0.3) is 0 Å². The van der Waals surface area contributed by atoms with Gasteiger partial charge < -0.3 is 10.5 Å². The molecule has 5 heteroatoms. The van der Waals surface area contributed by atoms with Crippen molar-refractivity contribution >= 4 is 0 Å². The lowest BCUT2D eigenvalue weighted by Gasteiger charge is -2.03. The normalized spacial score (nSPS) is 10.4. The molecule has 2 aromatic rings. The minimum atomic E-state index is 0.371. The van der Waals surface area contributed by atoms with Crippen LogP contribution in [0.1, 0.15) is 11.4 Å². The van der Waals surface area contributed by atoms with Crippen LogP contribution in [0.2, 0.25) is 0 Å². The number of methoxy groups -OCH3 is 1. The van der Waals surface area contributed by atoms with Crippen molar-refractivity contribution in [1.29, 1.82) is 0 Å². The molecular formula is C11H14N4O. The second kappa shape index (κ2) is 4.76. The molecule has 0 aliphatic rings. The first kappa shape index (κ1) is 10.6. The van der Waals surface area contributed by atoms with E-state index in [1.54, 1.807) is 18.1 Å². The molecule has 1 aromatic carbocycles. The van der Waals surface area contributed by atoms with Crippen molar-refractivity contribution in [3.8, 4) is 5.75 Å². The van der Waals surface area contributed by atoms with Crippen LogP contribution in [0.4, 0.5) is 0 Å². The zero-order valence-corrected chi connectivity index (χ0v) is 9.13. The maximum atomic E-state index is 5.44. The van der Waals surface area contributed by atoms with Crippen LogP contribution in [0.15, 0.2) is 30.6 Å². The van der Waals surface area contributed by atoms with Gasteiger partial charge in [-0.05, 0) is 17.7 Å². The number of rotatable bonds is 4. The molecule has 1 aromatic heterocycles. The molecular weight excluding hydrogens is 204 g/mol. The summed E-state index contributed by atoms with van der Waals surface area (Å²) in [4.78, 5) is 4.07. The van der Waals surface area contributed by atoms with Crippen molar-refractivity contribution in [2.24, 2.45) is 5.73 Å². The second-order valence-corrected chi connectivity index (χ2v) is 3.41. The van der Waals surface area contributed by atoms with Crippen LogP contribution in [0.25, 0.3) is 0 Å². The van der Waals surface area contributed by atoms with E-state index in [0.29, 0.717) is 18.9 Å². The van der Waals surface area contributed by atoms with Gasteiger partial charge in [-0.25, -0.2) is 9.67 Å². The SMILES string of the molecule is COc1ccc(Cn2cnc(CN)n2)cc1. The van der Waals surface area contributed by atoms with Crippen molar-refractivity contribution in [2.45, 2.75) is 13.1 Å². The number of benzene rings is 1. The maximum absolute atomic E-state index is 5.44. The Hall–Kier alpha value is -1.88.